The van der Waals surface area contributed by atoms with Gasteiger partial charge in [0.25, 0.3) is 5.91 Å². The maximum atomic E-state index is 12.8. The van der Waals surface area contributed by atoms with Gasteiger partial charge in [-0.1, -0.05) is 25.5 Å². The van der Waals surface area contributed by atoms with Gasteiger partial charge in [0.1, 0.15) is 0 Å². The van der Waals surface area contributed by atoms with Crippen molar-refractivity contribution in [2.45, 2.75) is 36.1 Å². The number of rotatable bonds is 7. The van der Waals surface area contributed by atoms with Crippen molar-refractivity contribution in [3.63, 3.8) is 0 Å². The van der Waals surface area contributed by atoms with Gasteiger partial charge in [-0.05, 0) is 61.4 Å². The highest BCUT2D eigenvalue weighted by Gasteiger charge is 2.26. The van der Waals surface area contributed by atoms with Crippen LogP contribution in [0.4, 0.5) is 5.69 Å². The number of carbonyl (C=O) groups excluding carboxylic acids is 1. The number of nitrogens with zero attached hydrogens (tertiary/aromatic N) is 3. The van der Waals surface area contributed by atoms with Gasteiger partial charge in [-0.25, -0.2) is 16.8 Å². The second-order valence-electron chi connectivity index (χ2n) is 8.18. The summed E-state index contributed by atoms with van der Waals surface area (Å²) in [7, 11) is -6.97. The molecule has 11 heteroatoms. The molecule has 1 amide bonds. The van der Waals surface area contributed by atoms with Crippen LogP contribution in [-0.2, 0) is 19.9 Å². The number of benzene rings is 2. The minimum atomic E-state index is -3.55. The summed E-state index contributed by atoms with van der Waals surface area (Å²) >= 11 is 0. The molecule has 1 saturated heterocycles. The highest BCUT2D eigenvalue weighted by molar-refractivity contribution is 7.91. The predicted molar refractivity (Wildman–Crippen MR) is 132 cm³/mol. The topological polar surface area (TPSA) is 126 Å². The third kappa shape index (κ3) is 5.58. The van der Waals surface area contributed by atoms with Crippen molar-refractivity contribution in [3.8, 4) is 11.3 Å². The summed E-state index contributed by atoms with van der Waals surface area (Å²) in [6.45, 7) is 2.59. The zero-order valence-corrected chi connectivity index (χ0v) is 20.8. The van der Waals surface area contributed by atoms with E-state index in [1.807, 2.05) is 0 Å². The third-order valence-corrected chi connectivity index (χ3v) is 9.37. The van der Waals surface area contributed by atoms with E-state index in [-0.39, 0.29) is 21.6 Å². The molecule has 1 aliphatic rings. The minimum Gasteiger partial charge on any atom is -0.322 e. The fourth-order valence-electron chi connectivity index (χ4n) is 3.75. The lowest BCUT2D eigenvalue weighted by atomic mass is 10.1. The second kappa shape index (κ2) is 10.2. The smallest absolute Gasteiger partial charge is 0.255 e. The van der Waals surface area contributed by atoms with Gasteiger partial charge in [-0.15, -0.1) is 10.2 Å². The van der Waals surface area contributed by atoms with Crippen LogP contribution in [0.3, 0.4) is 0 Å². The zero-order chi connectivity index (χ0) is 25.1. The number of aromatic nitrogens is 2. The van der Waals surface area contributed by atoms with Gasteiger partial charge < -0.3 is 5.32 Å². The lowest BCUT2D eigenvalue weighted by Crippen LogP contribution is -2.35. The number of piperidine rings is 1. The molecule has 1 aromatic heterocycles. The van der Waals surface area contributed by atoms with Crippen LogP contribution in [0.15, 0.2) is 70.6 Å². The van der Waals surface area contributed by atoms with Crippen molar-refractivity contribution in [1.82, 2.24) is 14.5 Å². The SMILES string of the molecule is CCS(=O)(=O)c1ccc(-c2ccc(NC(=O)c3ccc(S(=O)(=O)N4CCCCC4)cc3)cc2)nn1. The average Bonchev–Trinajstić information content (AvgIpc) is 2.90. The first-order valence-electron chi connectivity index (χ1n) is 11.3. The third-order valence-electron chi connectivity index (χ3n) is 5.85. The highest BCUT2D eigenvalue weighted by atomic mass is 32.2. The van der Waals surface area contributed by atoms with E-state index in [1.165, 1.54) is 34.6 Å². The minimum absolute atomic E-state index is 0.0492. The first-order chi connectivity index (χ1) is 16.7. The van der Waals surface area contributed by atoms with Crippen molar-refractivity contribution >= 4 is 31.5 Å². The number of nitrogens with one attached hydrogen (secondary N) is 1. The molecule has 35 heavy (non-hydrogen) atoms. The van der Waals surface area contributed by atoms with Crippen molar-refractivity contribution in [1.29, 1.82) is 0 Å². The lowest BCUT2D eigenvalue weighted by Gasteiger charge is -2.25. The molecule has 0 spiro atoms. The Kier molecular flexibility index (Phi) is 7.29. The Morgan fingerprint density at radius 2 is 1.51 bits per heavy atom. The largest absolute Gasteiger partial charge is 0.322 e. The summed E-state index contributed by atoms with van der Waals surface area (Å²) in [5.41, 5.74) is 2.10. The lowest BCUT2D eigenvalue weighted by molar-refractivity contribution is 0.102. The maximum Gasteiger partial charge on any atom is 0.255 e. The van der Waals surface area contributed by atoms with Gasteiger partial charge in [0.15, 0.2) is 14.9 Å². The summed E-state index contributed by atoms with van der Waals surface area (Å²) in [6.07, 6.45) is 2.75. The fraction of sp³-hybridized carbons (Fsp3) is 0.292. The quantitative estimate of drug-likeness (QED) is 0.512. The number of hydrogen-bond donors (Lipinski definition) is 1. The molecule has 1 N–H and O–H groups in total. The van der Waals surface area contributed by atoms with Crippen LogP contribution in [0, 0.1) is 0 Å². The normalized spacial score (nSPS) is 15.0. The Bertz CT molecular complexity index is 1400. The standard InChI is InChI=1S/C24H26N4O5S2/c1-2-34(30,31)23-15-14-22(26-27-23)18-6-10-20(11-7-18)25-24(29)19-8-12-21(13-9-19)35(32,33)28-16-4-3-5-17-28/h6-15H,2-5,16-17H2,1H3,(H,25,29). The zero-order valence-electron chi connectivity index (χ0n) is 19.2. The Morgan fingerprint density at radius 1 is 0.857 bits per heavy atom. The summed E-state index contributed by atoms with van der Waals surface area (Å²) < 4.78 is 50.8. The average molecular weight is 515 g/mol. The number of amides is 1. The number of hydrogen-bond acceptors (Lipinski definition) is 7. The Balaban J connectivity index is 1.42. The van der Waals surface area contributed by atoms with Crippen LogP contribution in [0.5, 0.6) is 0 Å². The molecule has 3 aromatic rings. The predicted octanol–water partition coefficient (Wildman–Crippen LogP) is 3.36. The Labute approximate surface area is 205 Å². The first-order valence-corrected chi connectivity index (χ1v) is 14.4. The molecule has 0 unspecified atom stereocenters. The molecule has 9 nitrogen and oxygen atoms in total. The molecular formula is C24H26N4O5S2. The summed E-state index contributed by atoms with van der Waals surface area (Å²) in [5.74, 6) is -0.416. The molecule has 0 aliphatic carbocycles. The van der Waals surface area contributed by atoms with E-state index in [0.717, 1.165) is 19.3 Å². The second-order valence-corrected chi connectivity index (χ2v) is 12.3. The molecule has 184 valence electrons. The van der Waals surface area contributed by atoms with E-state index in [1.54, 1.807) is 37.3 Å². The van der Waals surface area contributed by atoms with Crippen LogP contribution in [0.1, 0.15) is 36.5 Å². The van der Waals surface area contributed by atoms with Crippen LogP contribution >= 0.6 is 0 Å². The van der Waals surface area contributed by atoms with E-state index < -0.39 is 19.9 Å². The molecule has 0 atom stereocenters. The Morgan fingerprint density at radius 3 is 2.09 bits per heavy atom. The maximum absolute atomic E-state index is 12.8. The van der Waals surface area contributed by atoms with Crippen LogP contribution in [-0.4, -0.2) is 56.1 Å². The highest BCUT2D eigenvalue weighted by Crippen LogP contribution is 2.23. The van der Waals surface area contributed by atoms with Crippen molar-refractivity contribution in [3.05, 3.63) is 66.2 Å². The first kappa shape index (κ1) is 25.0. The van der Waals surface area contributed by atoms with Crippen molar-refractivity contribution in [2.75, 3.05) is 24.2 Å². The van der Waals surface area contributed by atoms with Gasteiger partial charge in [0.05, 0.1) is 16.3 Å². The van der Waals surface area contributed by atoms with Crippen LogP contribution in [0.2, 0.25) is 0 Å². The van der Waals surface area contributed by atoms with Gasteiger partial charge in [0.2, 0.25) is 10.0 Å². The number of sulfone groups is 1. The summed E-state index contributed by atoms with van der Waals surface area (Å²) in [5, 5.41) is 10.5. The molecule has 2 heterocycles. The molecule has 0 radical (unpaired) electrons. The van der Waals surface area contributed by atoms with Gasteiger partial charge in [0, 0.05) is 29.9 Å². The summed E-state index contributed by atoms with van der Waals surface area (Å²) in [4.78, 5) is 12.8. The molecule has 1 aliphatic heterocycles. The molecular weight excluding hydrogens is 488 g/mol. The fourth-order valence-corrected chi connectivity index (χ4v) is 6.00. The monoisotopic (exact) mass is 514 g/mol. The molecule has 4 rings (SSSR count). The van der Waals surface area contributed by atoms with E-state index in [2.05, 4.69) is 15.5 Å². The van der Waals surface area contributed by atoms with Crippen molar-refractivity contribution < 1.29 is 21.6 Å². The number of carbonyl (C=O) groups is 1. The molecule has 2 aromatic carbocycles. The van der Waals surface area contributed by atoms with E-state index >= 15 is 0 Å². The number of sulfonamides is 1. The summed E-state index contributed by atoms with van der Waals surface area (Å²) in [6, 6.07) is 15.8. The van der Waals surface area contributed by atoms with Gasteiger partial charge in [-0.2, -0.15) is 4.31 Å². The van der Waals surface area contributed by atoms with Crippen LogP contribution < -0.4 is 5.32 Å². The van der Waals surface area contributed by atoms with Gasteiger partial charge >= 0.3 is 0 Å². The molecule has 1 fully saturated rings. The molecule has 0 saturated carbocycles. The van der Waals surface area contributed by atoms with E-state index in [9.17, 15) is 21.6 Å². The van der Waals surface area contributed by atoms with E-state index in [0.29, 0.717) is 35.6 Å². The van der Waals surface area contributed by atoms with Gasteiger partial charge in [-0.3, -0.25) is 4.79 Å². The van der Waals surface area contributed by atoms with Crippen molar-refractivity contribution in [2.24, 2.45) is 0 Å². The van der Waals surface area contributed by atoms with E-state index in [4.69, 9.17) is 0 Å². The molecule has 0 bridgehead atoms. The Hall–Kier alpha value is -3.15. The number of anilines is 1. The van der Waals surface area contributed by atoms with Crippen LogP contribution in [0.25, 0.3) is 11.3 Å².